The molecule has 0 amide bonds. The minimum Gasteiger partial charge on any atom is -0.490 e. The zero-order valence-electron chi connectivity index (χ0n) is 8.93. The van der Waals surface area contributed by atoms with Crippen LogP contribution in [-0.2, 0) is 4.79 Å². The largest absolute Gasteiger partial charge is 0.490 e. The third-order valence-corrected chi connectivity index (χ3v) is 2.53. The minimum absolute atomic E-state index is 0.0527. The Morgan fingerprint density at radius 1 is 1.44 bits per heavy atom. The van der Waals surface area contributed by atoms with Crippen LogP contribution in [0.3, 0.4) is 0 Å². The van der Waals surface area contributed by atoms with Crippen LogP contribution in [0, 0.1) is 0 Å². The van der Waals surface area contributed by atoms with E-state index in [-0.39, 0.29) is 6.42 Å². The van der Waals surface area contributed by atoms with Crippen molar-refractivity contribution in [3.05, 3.63) is 29.8 Å². The van der Waals surface area contributed by atoms with Crippen molar-refractivity contribution >= 4 is 5.97 Å². The number of carboxylic acid groups (broad SMARTS) is 1. The Morgan fingerprint density at radius 2 is 2.06 bits per heavy atom. The summed E-state index contributed by atoms with van der Waals surface area (Å²) in [4.78, 5) is 10.5. The normalized spacial score (nSPS) is 16.8. The Morgan fingerprint density at radius 3 is 2.56 bits per heavy atom. The Kier molecular flexibility index (Phi) is 3.10. The maximum Gasteiger partial charge on any atom is 0.305 e. The van der Waals surface area contributed by atoms with Gasteiger partial charge < -0.3 is 15.6 Å². The van der Waals surface area contributed by atoms with Crippen LogP contribution in [0.5, 0.6) is 5.75 Å². The van der Waals surface area contributed by atoms with Gasteiger partial charge in [-0.3, -0.25) is 4.79 Å². The van der Waals surface area contributed by atoms with Crippen molar-refractivity contribution in [2.24, 2.45) is 5.73 Å². The van der Waals surface area contributed by atoms with E-state index in [1.165, 1.54) is 0 Å². The standard InChI is InChI=1S/C12H15NO3/c13-11(7-12(14)15)8-1-3-9(4-2-8)16-10-5-6-10/h1-4,10-11H,5-7,13H2,(H,14,15)/t11-/m1/s1. The van der Waals surface area contributed by atoms with Crippen molar-refractivity contribution in [3.8, 4) is 5.75 Å². The van der Waals surface area contributed by atoms with E-state index < -0.39 is 12.0 Å². The second-order valence-corrected chi connectivity index (χ2v) is 4.09. The smallest absolute Gasteiger partial charge is 0.305 e. The molecule has 3 N–H and O–H groups in total. The summed E-state index contributed by atoms with van der Waals surface area (Å²) in [6.07, 6.45) is 2.57. The van der Waals surface area contributed by atoms with E-state index in [0.717, 1.165) is 24.2 Å². The van der Waals surface area contributed by atoms with Crippen molar-refractivity contribution in [3.63, 3.8) is 0 Å². The fraction of sp³-hybridized carbons (Fsp3) is 0.417. The van der Waals surface area contributed by atoms with Gasteiger partial charge in [0.25, 0.3) is 0 Å². The van der Waals surface area contributed by atoms with Crippen molar-refractivity contribution < 1.29 is 14.6 Å². The lowest BCUT2D eigenvalue weighted by atomic mass is 10.1. The summed E-state index contributed by atoms with van der Waals surface area (Å²) < 4.78 is 5.58. The van der Waals surface area contributed by atoms with E-state index in [0.29, 0.717) is 6.10 Å². The van der Waals surface area contributed by atoms with Crippen LogP contribution < -0.4 is 10.5 Å². The van der Waals surface area contributed by atoms with E-state index in [4.69, 9.17) is 15.6 Å². The van der Waals surface area contributed by atoms with E-state index in [1.54, 1.807) is 0 Å². The van der Waals surface area contributed by atoms with E-state index >= 15 is 0 Å². The number of hydrogen-bond acceptors (Lipinski definition) is 3. The lowest BCUT2D eigenvalue weighted by molar-refractivity contribution is -0.137. The minimum atomic E-state index is -0.884. The van der Waals surface area contributed by atoms with Gasteiger partial charge in [-0.2, -0.15) is 0 Å². The third-order valence-electron chi connectivity index (χ3n) is 2.53. The van der Waals surface area contributed by atoms with Crippen LogP contribution in [0.4, 0.5) is 0 Å². The maximum atomic E-state index is 10.5. The lowest BCUT2D eigenvalue weighted by Crippen LogP contribution is -2.14. The van der Waals surface area contributed by atoms with Gasteiger partial charge in [-0.1, -0.05) is 12.1 Å². The fourth-order valence-electron chi connectivity index (χ4n) is 1.48. The first-order valence-electron chi connectivity index (χ1n) is 5.39. The molecule has 0 aliphatic heterocycles. The molecule has 4 heteroatoms. The molecule has 0 radical (unpaired) electrons. The van der Waals surface area contributed by atoms with Crippen molar-refractivity contribution in [1.29, 1.82) is 0 Å². The molecule has 0 heterocycles. The average molecular weight is 221 g/mol. The highest BCUT2D eigenvalue weighted by Crippen LogP contribution is 2.27. The van der Waals surface area contributed by atoms with Gasteiger partial charge >= 0.3 is 5.97 Å². The zero-order valence-corrected chi connectivity index (χ0v) is 8.93. The fourth-order valence-corrected chi connectivity index (χ4v) is 1.48. The molecule has 1 atom stereocenters. The summed E-state index contributed by atoms with van der Waals surface area (Å²) in [7, 11) is 0. The molecule has 1 aromatic rings. The number of hydrogen-bond donors (Lipinski definition) is 2. The average Bonchev–Trinajstić information content (AvgIpc) is 3.01. The molecule has 0 unspecified atom stereocenters. The van der Waals surface area contributed by atoms with Gasteiger partial charge in [0.2, 0.25) is 0 Å². The van der Waals surface area contributed by atoms with Crippen molar-refractivity contribution in [1.82, 2.24) is 0 Å². The van der Waals surface area contributed by atoms with Crippen LogP contribution >= 0.6 is 0 Å². The monoisotopic (exact) mass is 221 g/mol. The van der Waals surface area contributed by atoms with Crippen LogP contribution in [0.1, 0.15) is 30.9 Å². The summed E-state index contributed by atoms with van der Waals surface area (Å²) in [5.41, 5.74) is 6.56. The number of aliphatic carboxylic acids is 1. The van der Waals surface area contributed by atoms with Gasteiger partial charge in [0.1, 0.15) is 5.75 Å². The zero-order chi connectivity index (χ0) is 11.5. The quantitative estimate of drug-likeness (QED) is 0.793. The maximum absolute atomic E-state index is 10.5. The molecule has 86 valence electrons. The molecular formula is C12H15NO3. The Labute approximate surface area is 94.0 Å². The van der Waals surface area contributed by atoms with Gasteiger partial charge in [0, 0.05) is 6.04 Å². The first-order valence-corrected chi connectivity index (χ1v) is 5.39. The Hall–Kier alpha value is -1.55. The van der Waals surface area contributed by atoms with Gasteiger partial charge in [-0.15, -0.1) is 0 Å². The summed E-state index contributed by atoms with van der Waals surface area (Å²) in [6.45, 7) is 0. The first kappa shape index (κ1) is 11.0. The SMILES string of the molecule is N[C@H](CC(=O)O)c1ccc(OC2CC2)cc1. The van der Waals surface area contributed by atoms with Crippen molar-refractivity contribution in [2.45, 2.75) is 31.4 Å². The molecule has 1 fully saturated rings. The molecular weight excluding hydrogens is 206 g/mol. The molecule has 2 rings (SSSR count). The number of nitrogens with two attached hydrogens (primary N) is 1. The summed E-state index contributed by atoms with van der Waals surface area (Å²) in [6, 6.07) is 6.88. The van der Waals surface area contributed by atoms with Gasteiger partial charge in [-0.25, -0.2) is 0 Å². The van der Waals surface area contributed by atoms with Crippen LogP contribution in [-0.4, -0.2) is 17.2 Å². The van der Waals surface area contributed by atoms with Crippen LogP contribution in [0.25, 0.3) is 0 Å². The van der Waals surface area contributed by atoms with E-state index in [2.05, 4.69) is 0 Å². The van der Waals surface area contributed by atoms with Gasteiger partial charge in [0.05, 0.1) is 12.5 Å². The summed E-state index contributed by atoms with van der Waals surface area (Å²) >= 11 is 0. The second-order valence-electron chi connectivity index (χ2n) is 4.09. The number of carbonyl (C=O) groups is 1. The van der Waals surface area contributed by atoms with Crippen LogP contribution in [0.2, 0.25) is 0 Å². The third kappa shape index (κ3) is 2.97. The first-order chi connectivity index (χ1) is 7.65. The predicted octanol–water partition coefficient (Wildman–Crippen LogP) is 1.70. The molecule has 1 saturated carbocycles. The molecule has 1 aliphatic carbocycles. The van der Waals surface area contributed by atoms with Gasteiger partial charge in [0.15, 0.2) is 0 Å². The second kappa shape index (κ2) is 4.53. The summed E-state index contributed by atoms with van der Waals surface area (Å²) in [5, 5.41) is 8.62. The molecule has 1 aliphatic rings. The lowest BCUT2D eigenvalue weighted by Gasteiger charge is -2.10. The predicted molar refractivity (Wildman–Crippen MR) is 59.3 cm³/mol. The van der Waals surface area contributed by atoms with E-state index in [1.807, 2.05) is 24.3 Å². The summed E-state index contributed by atoms with van der Waals surface area (Å²) in [5.74, 6) is -0.0559. The molecule has 4 nitrogen and oxygen atoms in total. The molecule has 1 aromatic carbocycles. The number of benzene rings is 1. The molecule has 0 spiro atoms. The number of carboxylic acids is 1. The highest BCUT2D eigenvalue weighted by atomic mass is 16.5. The van der Waals surface area contributed by atoms with E-state index in [9.17, 15) is 4.79 Å². The topological polar surface area (TPSA) is 72.6 Å². The molecule has 16 heavy (non-hydrogen) atoms. The highest BCUT2D eigenvalue weighted by molar-refractivity contribution is 5.67. The van der Waals surface area contributed by atoms with Crippen LogP contribution in [0.15, 0.2) is 24.3 Å². The van der Waals surface area contributed by atoms with Crippen molar-refractivity contribution in [2.75, 3.05) is 0 Å². The highest BCUT2D eigenvalue weighted by Gasteiger charge is 2.23. The number of ether oxygens (including phenoxy) is 1. The number of rotatable bonds is 5. The molecule has 0 aromatic heterocycles. The van der Waals surface area contributed by atoms with Gasteiger partial charge in [-0.05, 0) is 30.5 Å². The molecule has 0 saturated heterocycles. The Bertz CT molecular complexity index is 370. The molecule has 0 bridgehead atoms. The Balaban J connectivity index is 1.97.